The Morgan fingerprint density at radius 3 is 2.44 bits per heavy atom. The zero-order chi connectivity index (χ0) is 17.1. The normalized spacial score (nSPS) is 12.6. The number of aromatic nitrogens is 2. The van der Waals surface area contributed by atoms with Crippen molar-refractivity contribution >= 4 is 24.0 Å². The summed E-state index contributed by atoms with van der Waals surface area (Å²) in [6, 6.07) is 3.35. The number of benzene rings is 1. The average Bonchev–Trinajstić information content (AvgIpc) is 3.05. The molecule has 0 saturated carbocycles. The van der Waals surface area contributed by atoms with Crippen molar-refractivity contribution in [3.8, 4) is 17.2 Å². The molecule has 1 aliphatic rings. The minimum atomic E-state index is -0.287. The van der Waals surface area contributed by atoms with Crippen LogP contribution in [-0.2, 0) is 13.0 Å². The first-order valence-corrected chi connectivity index (χ1v) is 7.56. The van der Waals surface area contributed by atoms with Crippen LogP contribution in [0.2, 0.25) is 0 Å². The fourth-order valence-corrected chi connectivity index (χ4v) is 2.76. The fraction of sp³-hybridized carbons (Fsp3) is 0.375. The molecule has 0 aliphatic carbocycles. The Kier molecular flexibility index (Phi) is 6.11. The molecular formula is C16H21ClN4O4. The molecule has 0 atom stereocenters. The quantitative estimate of drug-likeness (QED) is 0.744. The monoisotopic (exact) mass is 368 g/mol. The second kappa shape index (κ2) is 8.09. The van der Waals surface area contributed by atoms with Gasteiger partial charge in [0.2, 0.25) is 5.75 Å². The van der Waals surface area contributed by atoms with E-state index in [1.807, 2.05) is 0 Å². The van der Waals surface area contributed by atoms with Crippen molar-refractivity contribution < 1.29 is 19.0 Å². The van der Waals surface area contributed by atoms with Crippen LogP contribution in [0.15, 0.2) is 12.1 Å². The number of amides is 1. The second-order valence-electron chi connectivity index (χ2n) is 5.32. The number of hydrogen-bond donors (Lipinski definition) is 3. The lowest BCUT2D eigenvalue weighted by atomic mass is 10.1. The summed E-state index contributed by atoms with van der Waals surface area (Å²) < 4.78 is 15.9. The topological polar surface area (TPSA) is 97.5 Å². The molecule has 3 N–H and O–H groups in total. The van der Waals surface area contributed by atoms with Crippen molar-refractivity contribution in [2.24, 2.45) is 0 Å². The number of ether oxygens (including phenoxy) is 3. The van der Waals surface area contributed by atoms with E-state index in [2.05, 4.69) is 20.8 Å². The van der Waals surface area contributed by atoms with E-state index >= 15 is 0 Å². The van der Waals surface area contributed by atoms with Gasteiger partial charge in [-0.05, 0) is 0 Å². The van der Waals surface area contributed by atoms with E-state index in [1.54, 1.807) is 12.1 Å². The largest absolute Gasteiger partial charge is 0.493 e. The highest BCUT2D eigenvalue weighted by atomic mass is 35.5. The van der Waals surface area contributed by atoms with E-state index in [1.165, 1.54) is 21.3 Å². The lowest BCUT2D eigenvalue weighted by molar-refractivity contribution is 0.102. The van der Waals surface area contributed by atoms with Gasteiger partial charge in [0.25, 0.3) is 5.91 Å². The van der Waals surface area contributed by atoms with E-state index < -0.39 is 0 Å². The molecule has 8 nitrogen and oxygen atoms in total. The van der Waals surface area contributed by atoms with Crippen LogP contribution in [0.5, 0.6) is 17.2 Å². The summed E-state index contributed by atoms with van der Waals surface area (Å²) in [4.78, 5) is 12.6. The first kappa shape index (κ1) is 18.9. The molecule has 0 unspecified atom stereocenters. The highest BCUT2D eigenvalue weighted by Gasteiger charge is 2.22. The number of methoxy groups -OCH3 is 3. The number of fused-ring (bicyclic) bond motifs is 1. The van der Waals surface area contributed by atoms with Crippen molar-refractivity contribution in [1.29, 1.82) is 0 Å². The Bertz CT molecular complexity index is 738. The Hall–Kier alpha value is -2.45. The number of anilines is 1. The minimum Gasteiger partial charge on any atom is -0.493 e. The summed E-state index contributed by atoms with van der Waals surface area (Å²) >= 11 is 0. The van der Waals surface area contributed by atoms with Gasteiger partial charge in [0, 0.05) is 48.6 Å². The lowest BCUT2D eigenvalue weighted by Gasteiger charge is -2.15. The van der Waals surface area contributed by atoms with Crippen LogP contribution in [0.3, 0.4) is 0 Å². The predicted molar refractivity (Wildman–Crippen MR) is 95.3 cm³/mol. The third-order valence-corrected chi connectivity index (χ3v) is 3.94. The first-order chi connectivity index (χ1) is 11.7. The molecule has 3 rings (SSSR count). The molecule has 136 valence electrons. The Morgan fingerprint density at radius 2 is 1.84 bits per heavy atom. The number of halogens is 1. The number of carbonyl (C=O) groups excluding carboxylic acids is 1. The van der Waals surface area contributed by atoms with Gasteiger partial charge in [0.15, 0.2) is 17.2 Å². The van der Waals surface area contributed by atoms with Crippen molar-refractivity contribution in [3.05, 3.63) is 29.1 Å². The van der Waals surface area contributed by atoms with E-state index in [0.717, 1.165) is 24.2 Å². The molecule has 2 aromatic rings. The van der Waals surface area contributed by atoms with Gasteiger partial charge in [-0.1, -0.05) is 0 Å². The summed E-state index contributed by atoms with van der Waals surface area (Å²) in [5.74, 6) is 1.13. The minimum absolute atomic E-state index is 0. The van der Waals surface area contributed by atoms with Crippen LogP contribution in [0.25, 0.3) is 0 Å². The molecule has 0 spiro atoms. The van der Waals surface area contributed by atoms with Crippen molar-refractivity contribution in [1.82, 2.24) is 15.5 Å². The average molecular weight is 369 g/mol. The first-order valence-electron chi connectivity index (χ1n) is 7.56. The molecule has 0 radical (unpaired) electrons. The Labute approximate surface area is 151 Å². The van der Waals surface area contributed by atoms with Gasteiger partial charge in [-0.3, -0.25) is 9.89 Å². The van der Waals surface area contributed by atoms with Crippen LogP contribution in [0.1, 0.15) is 21.7 Å². The number of aromatic amines is 1. The summed E-state index contributed by atoms with van der Waals surface area (Å²) in [5, 5.41) is 13.2. The van der Waals surface area contributed by atoms with Crippen molar-refractivity contribution in [2.45, 2.75) is 13.0 Å². The molecule has 0 fully saturated rings. The van der Waals surface area contributed by atoms with Crippen LogP contribution in [0, 0.1) is 0 Å². The van der Waals surface area contributed by atoms with Crippen LogP contribution in [-0.4, -0.2) is 44.0 Å². The molecular weight excluding hydrogens is 348 g/mol. The number of H-pyrrole nitrogens is 1. The lowest BCUT2D eigenvalue weighted by Crippen LogP contribution is -2.25. The number of nitrogens with zero attached hydrogens (tertiary/aromatic N) is 1. The smallest absolute Gasteiger partial charge is 0.276 e. The summed E-state index contributed by atoms with van der Waals surface area (Å²) in [5.41, 5.74) is 2.84. The summed E-state index contributed by atoms with van der Waals surface area (Å²) in [6.45, 7) is 1.51. The number of carbonyl (C=O) groups is 1. The Balaban J connectivity index is 0.00000225. The molecule has 1 aromatic carbocycles. The predicted octanol–water partition coefficient (Wildman–Crippen LogP) is 1.76. The number of nitrogens with one attached hydrogen (secondary N) is 3. The molecule has 25 heavy (non-hydrogen) atoms. The zero-order valence-corrected chi connectivity index (χ0v) is 15.1. The van der Waals surface area contributed by atoms with Crippen molar-refractivity contribution in [2.75, 3.05) is 33.2 Å². The van der Waals surface area contributed by atoms with Gasteiger partial charge in [0.05, 0.1) is 21.3 Å². The van der Waals surface area contributed by atoms with Gasteiger partial charge in [-0.2, -0.15) is 5.10 Å². The maximum atomic E-state index is 12.6. The van der Waals surface area contributed by atoms with Gasteiger partial charge in [-0.25, -0.2) is 0 Å². The number of rotatable bonds is 5. The summed E-state index contributed by atoms with van der Waals surface area (Å²) in [7, 11) is 4.58. The van der Waals surface area contributed by atoms with Crippen LogP contribution >= 0.6 is 12.4 Å². The Morgan fingerprint density at radius 1 is 1.16 bits per heavy atom. The number of hydrogen-bond acceptors (Lipinski definition) is 6. The molecule has 9 heteroatoms. The third kappa shape index (κ3) is 3.64. The van der Waals surface area contributed by atoms with Gasteiger partial charge in [-0.15, -0.1) is 12.4 Å². The molecule has 2 heterocycles. The molecule has 1 aliphatic heterocycles. The summed E-state index contributed by atoms with van der Waals surface area (Å²) in [6.07, 6.45) is 0.833. The van der Waals surface area contributed by atoms with Crippen LogP contribution in [0.4, 0.5) is 5.69 Å². The maximum Gasteiger partial charge on any atom is 0.276 e. The highest BCUT2D eigenvalue weighted by Crippen LogP contribution is 2.40. The fourth-order valence-electron chi connectivity index (χ4n) is 2.76. The van der Waals surface area contributed by atoms with E-state index in [9.17, 15) is 4.79 Å². The third-order valence-electron chi connectivity index (χ3n) is 3.94. The van der Waals surface area contributed by atoms with E-state index in [0.29, 0.717) is 35.2 Å². The van der Waals surface area contributed by atoms with E-state index in [-0.39, 0.29) is 18.3 Å². The van der Waals surface area contributed by atoms with Gasteiger partial charge in [0.1, 0.15) is 0 Å². The second-order valence-corrected chi connectivity index (χ2v) is 5.32. The van der Waals surface area contributed by atoms with Gasteiger partial charge >= 0.3 is 0 Å². The SMILES string of the molecule is COc1cc(NC(=O)c2n[nH]c3c2CNCC3)cc(OC)c1OC.Cl. The standard InChI is InChI=1S/C16H20N4O4.ClH/c1-22-12-6-9(7-13(23-2)15(12)24-3)18-16(21)14-10-8-17-5-4-11(10)19-20-14;/h6-7,17H,4-5,8H2,1-3H3,(H,18,21)(H,19,20);1H. The maximum absolute atomic E-state index is 12.6. The highest BCUT2D eigenvalue weighted by molar-refractivity contribution is 6.04. The zero-order valence-electron chi connectivity index (χ0n) is 14.3. The molecule has 0 saturated heterocycles. The van der Waals surface area contributed by atoms with Crippen molar-refractivity contribution in [3.63, 3.8) is 0 Å². The molecule has 1 amide bonds. The van der Waals surface area contributed by atoms with Crippen LogP contribution < -0.4 is 24.8 Å². The molecule has 0 bridgehead atoms. The molecule has 1 aromatic heterocycles. The van der Waals surface area contributed by atoms with Gasteiger partial charge < -0.3 is 24.8 Å². The van der Waals surface area contributed by atoms with E-state index in [4.69, 9.17) is 14.2 Å².